The van der Waals surface area contributed by atoms with Gasteiger partial charge in [-0.3, -0.25) is 4.79 Å². The minimum Gasteiger partial charge on any atom is -0.493 e. The number of likely N-dealkylation sites (N-methyl/N-ethyl adjacent to an activating group) is 1. The number of amides is 1. The molecule has 2 aromatic carbocycles. The summed E-state index contributed by atoms with van der Waals surface area (Å²) < 4.78 is 41.5. The van der Waals surface area contributed by atoms with Gasteiger partial charge in [-0.05, 0) is 48.2 Å². The number of benzene rings is 2. The molecule has 30 heavy (non-hydrogen) atoms. The standard InChI is InChI=1S/C22H24BrF2NO4/c1-26(14-15-3-8-18(28-2)19(13-15)30-21(24)25)20(27)22(9-11-29-12-10-22)16-4-6-17(23)7-5-16/h3-8,13,21H,9-12,14H2,1-2H3. The van der Waals surface area contributed by atoms with Gasteiger partial charge in [0.2, 0.25) is 5.91 Å². The summed E-state index contributed by atoms with van der Waals surface area (Å²) in [6.45, 7) is -1.70. The Kier molecular flexibility index (Phi) is 7.31. The molecule has 0 aliphatic carbocycles. The lowest BCUT2D eigenvalue weighted by Gasteiger charge is -2.39. The first kappa shape index (κ1) is 22.5. The minimum atomic E-state index is -2.96. The molecular formula is C22H24BrF2NO4. The second-order valence-corrected chi connectivity index (χ2v) is 8.14. The van der Waals surface area contributed by atoms with Gasteiger partial charge in [0.25, 0.3) is 0 Å². The van der Waals surface area contributed by atoms with Crippen molar-refractivity contribution < 1.29 is 27.8 Å². The lowest BCUT2D eigenvalue weighted by Crippen LogP contribution is -2.48. The van der Waals surface area contributed by atoms with E-state index in [-0.39, 0.29) is 24.0 Å². The van der Waals surface area contributed by atoms with Gasteiger partial charge in [-0.15, -0.1) is 0 Å². The predicted octanol–water partition coefficient (Wildman–Crippen LogP) is 4.77. The molecule has 0 N–H and O–H groups in total. The van der Waals surface area contributed by atoms with Crippen LogP contribution in [0.4, 0.5) is 8.78 Å². The van der Waals surface area contributed by atoms with Crippen LogP contribution in [0.1, 0.15) is 24.0 Å². The molecule has 1 fully saturated rings. The van der Waals surface area contributed by atoms with Crippen molar-refractivity contribution in [1.82, 2.24) is 4.90 Å². The summed E-state index contributed by atoms with van der Waals surface area (Å²) in [7, 11) is 3.10. The van der Waals surface area contributed by atoms with Crippen LogP contribution in [-0.4, -0.2) is 44.8 Å². The zero-order valence-electron chi connectivity index (χ0n) is 16.9. The SMILES string of the molecule is COc1ccc(CN(C)C(=O)C2(c3ccc(Br)cc3)CCOCC2)cc1OC(F)F. The van der Waals surface area contributed by atoms with E-state index in [4.69, 9.17) is 9.47 Å². The molecule has 1 aliphatic rings. The Bertz CT molecular complexity index is 870. The first-order valence-corrected chi connectivity index (χ1v) is 10.4. The Morgan fingerprint density at radius 2 is 1.83 bits per heavy atom. The van der Waals surface area contributed by atoms with E-state index in [0.29, 0.717) is 31.6 Å². The van der Waals surface area contributed by atoms with E-state index in [1.807, 2.05) is 24.3 Å². The van der Waals surface area contributed by atoms with Crippen molar-refractivity contribution in [2.24, 2.45) is 0 Å². The van der Waals surface area contributed by atoms with Gasteiger partial charge in [-0.2, -0.15) is 8.78 Å². The number of ether oxygens (including phenoxy) is 3. The molecule has 1 saturated heterocycles. The molecule has 0 bridgehead atoms. The van der Waals surface area contributed by atoms with E-state index in [0.717, 1.165) is 10.0 Å². The summed E-state index contributed by atoms with van der Waals surface area (Å²) in [6, 6.07) is 12.5. The number of nitrogens with zero attached hydrogens (tertiary/aromatic N) is 1. The Morgan fingerprint density at radius 3 is 2.43 bits per heavy atom. The third-order valence-electron chi connectivity index (χ3n) is 5.36. The van der Waals surface area contributed by atoms with Gasteiger partial charge >= 0.3 is 6.61 Å². The summed E-state index contributed by atoms with van der Waals surface area (Å²) in [6.07, 6.45) is 1.17. The van der Waals surface area contributed by atoms with Crippen LogP contribution < -0.4 is 9.47 Å². The topological polar surface area (TPSA) is 48.0 Å². The Morgan fingerprint density at radius 1 is 1.17 bits per heavy atom. The van der Waals surface area contributed by atoms with Crippen molar-refractivity contribution in [2.75, 3.05) is 27.4 Å². The molecule has 5 nitrogen and oxygen atoms in total. The molecule has 1 amide bonds. The van der Waals surface area contributed by atoms with E-state index in [9.17, 15) is 13.6 Å². The van der Waals surface area contributed by atoms with Crippen LogP contribution in [0.2, 0.25) is 0 Å². The fourth-order valence-corrected chi connectivity index (χ4v) is 4.10. The van der Waals surface area contributed by atoms with Crippen LogP contribution in [0, 0.1) is 0 Å². The highest BCUT2D eigenvalue weighted by molar-refractivity contribution is 9.10. The highest BCUT2D eigenvalue weighted by atomic mass is 79.9. The first-order chi connectivity index (χ1) is 14.4. The van der Waals surface area contributed by atoms with Crippen LogP contribution in [0.15, 0.2) is 46.9 Å². The van der Waals surface area contributed by atoms with Crippen LogP contribution in [0.5, 0.6) is 11.5 Å². The summed E-state index contributed by atoms with van der Waals surface area (Å²) in [5, 5.41) is 0. The normalized spacial score (nSPS) is 15.7. The van der Waals surface area contributed by atoms with E-state index in [1.165, 1.54) is 13.2 Å². The van der Waals surface area contributed by atoms with Crippen molar-refractivity contribution in [2.45, 2.75) is 31.4 Å². The first-order valence-electron chi connectivity index (χ1n) is 9.57. The molecule has 0 saturated carbocycles. The molecule has 0 spiro atoms. The number of hydrogen-bond acceptors (Lipinski definition) is 4. The van der Waals surface area contributed by atoms with E-state index < -0.39 is 12.0 Å². The smallest absolute Gasteiger partial charge is 0.387 e. The quantitative estimate of drug-likeness (QED) is 0.569. The van der Waals surface area contributed by atoms with Gasteiger partial charge in [-0.25, -0.2) is 0 Å². The minimum absolute atomic E-state index is 0.0275. The maximum absolute atomic E-state index is 13.6. The third-order valence-corrected chi connectivity index (χ3v) is 5.89. The van der Waals surface area contributed by atoms with E-state index >= 15 is 0 Å². The van der Waals surface area contributed by atoms with Crippen molar-refractivity contribution in [3.63, 3.8) is 0 Å². The van der Waals surface area contributed by atoms with Gasteiger partial charge in [0.05, 0.1) is 12.5 Å². The highest BCUT2D eigenvalue weighted by Crippen LogP contribution is 2.38. The number of halogens is 3. The molecule has 1 aliphatic heterocycles. The molecule has 162 valence electrons. The number of methoxy groups -OCH3 is 1. The molecule has 0 atom stereocenters. The highest BCUT2D eigenvalue weighted by Gasteiger charge is 2.43. The molecule has 0 unspecified atom stereocenters. The summed E-state index contributed by atoms with van der Waals surface area (Å²) in [4.78, 5) is 15.2. The zero-order chi connectivity index (χ0) is 21.7. The second kappa shape index (κ2) is 9.75. The van der Waals surface area contributed by atoms with Crippen LogP contribution in [-0.2, 0) is 21.5 Å². The molecule has 3 rings (SSSR count). The van der Waals surface area contributed by atoms with Crippen molar-refractivity contribution in [1.29, 1.82) is 0 Å². The fourth-order valence-electron chi connectivity index (χ4n) is 3.83. The number of carbonyl (C=O) groups is 1. The maximum atomic E-state index is 13.6. The van der Waals surface area contributed by atoms with Gasteiger partial charge in [0, 0.05) is 31.3 Å². The van der Waals surface area contributed by atoms with E-state index in [1.54, 1.807) is 24.1 Å². The predicted molar refractivity (Wildman–Crippen MR) is 112 cm³/mol. The lowest BCUT2D eigenvalue weighted by molar-refractivity contribution is -0.140. The van der Waals surface area contributed by atoms with Crippen LogP contribution in [0.25, 0.3) is 0 Å². The van der Waals surface area contributed by atoms with Crippen molar-refractivity contribution in [3.05, 3.63) is 58.1 Å². The average Bonchev–Trinajstić information content (AvgIpc) is 2.74. The molecule has 1 heterocycles. The number of hydrogen-bond donors (Lipinski definition) is 0. The molecule has 8 heteroatoms. The van der Waals surface area contributed by atoms with Gasteiger partial charge < -0.3 is 19.1 Å². The molecule has 0 aromatic heterocycles. The summed E-state index contributed by atoms with van der Waals surface area (Å²) >= 11 is 3.44. The Labute approximate surface area is 183 Å². The number of carbonyl (C=O) groups excluding carboxylic acids is 1. The van der Waals surface area contributed by atoms with Gasteiger partial charge in [0.1, 0.15) is 0 Å². The fraction of sp³-hybridized carbons (Fsp3) is 0.409. The Hall–Kier alpha value is -2.19. The monoisotopic (exact) mass is 483 g/mol. The summed E-state index contributed by atoms with van der Waals surface area (Å²) in [5.74, 6) is 0.128. The van der Waals surface area contributed by atoms with Crippen molar-refractivity contribution >= 4 is 21.8 Å². The van der Waals surface area contributed by atoms with Gasteiger partial charge in [-0.1, -0.05) is 34.1 Å². The molecular weight excluding hydrogens is 460 g/mol. The molecule has 2 aromatic rings. The molecule has 0 radical (unpaired) electrons. The summed E-state index contributed by atoms with van der Waals surface area (Å²) in [5.41, 5.74) is 0.935. The number of alkyl halides is 2. The Balaban J connectivity index is 1.85. The lowest BCUT2D eigenvalue weighted by atomic mass is 9.73. The largest absolute Gasteiger partial charge is 0.493 e. The number of rotatable bonds is 7. The maximum Gasteiger partial charge on any atom is 0.387 e. The zero-order valence-corrected chi connectivity index (χ0v) is 18.5. The van der Waals surface area contributed by atoms with Crippen molar-refractivity contribution in [3.8, 4) is 11.5 Å². The van der Waals surface area contributed by atoms with Crippen LogP contribution in [0.3, 0.4) is 0 Å². The van der Waals surface area contributed by atoms with Gasteiger partial charge in [0.15, 0.2) is 11.5 Å². The van der Waals surface area contributed by atoms with E-state index in [2.05, 4.69) is 20.7 Å². The van der Waals surface area contributed by atoms with Crippen LogP contribution >= 0.6 is 15.9 Å². The average molecular weight is 484 g/mol. The second-order valence-electron chi connectivity index (χ2n) is 7.23. The third kappa shape index (κ3) is 4.92.